The maximum absolute atomic E-state index is 14.4. The Bertz CT molecular complexity index is 1600. The topological polar surface area (TPSA) is 79.8 Å². The Kier molecular flexibility index (Phi) is 8.55. The Morgan fingerprint density at radius 1 is 1.07 bits per heavy atom. The average molecular weight is 659 g/mol. The molecule has 2 amide bonds. The largest absolute Gasteiger partial charge is 0.435 e. The minimum absolute atomic E-state index is 0.0361. The summed E-state index contributed by atoms with van der Waals surface area (Å²) >= 11 is 19.4. The van der Waals surface area contributed by atoms with E-state index in [2.05, 4.69) is 15.8 Å². The van der Waals surface area contributed by atoms with Gasteiger partial charge in [-0.2, -0.15) is 13.2 Å². The third kappa shape index (κ3) is 5.50. The van der Waals surface area contributed by atoms with Gasteiger partial charge in [0.15, 0.2) is 0 Å². The van der Waals surface area contributed by atoms with Crippen LogP contribution in [-0.4, -0.2) is 30.2 Å². The third-order valence-corrected chi connectivity index (χ3v) is 9.81. The van der Waals surface area contributed by atoms with Crippen LogP contribution in [0.2, 0.25) is 15.1 Å². The molecule has 42 heavy (non-hydrogen) atoms. The number of anilines is 1. The van der Waals surface area contributed by atoms with Crippen molar-refractivity contribution in [2.24, 2.45) is 5.16 Å². The van der Waals surface area contributed by atoms with Crippen molar-refractivity contribution in [2.75, 3.05) is 11.9 Å². The summed E-state index contributed by atoms with van der Waals surface area (Å²) in [4.78, 5) is 32.4. The van der Waals surface area contributed by atoms with Gasteiger partial charge in [0.25, 0.3) is 17.4 Å². The Morgan fingerprint density at radius 2 is 1.76 bits per heavy atom. The van der Waals surface area contributed by atoms with E-state index in [-0.39, 0.29) is 32.3 Å². The van der Waals surface area contributed by atoms with Crippen LogP contribution in [0.25, 0.3) is 0 Å². The molecule has 0 saturated carbocycles. The Labute approximate surface area is 259 Å². The smallest absolute Gasteiger partial charge is 0.374 e. The zero-order valence-corrected chi connectivity index (χ0v) is 25.6. The van der Waals surface area contributed by atoms with Gasteiger partial charge in [-0.05, 0) is 80.5 Å². The van der Waals surface area contributed by atoms with Crippen molar-refractivity contribution in [3.8, 4) is 0 Å². The van der Waals surface area contributed by atoms with Crippen molar-refractivity contribution in [3.63, 3.8) is 0 Å². The van der Waals surface area contributed by atoms with E-state index in [1.54, 1.807) is 13.0 Å². The van der Waals surface area contributed by atoms with Crippen LogP contribution >= 0.6 is 46.1 Å². The molecule has 5 rings (SSSR count). The maximum Gasteiger partial charge on any atom is 0.435 e. The van der Waals surface area contributed by atoms with Gasteiger partial charge in [0, 0.05) is 29.0 Å². The summed E-state index contributed by atoms with van der Waals surface area (Å²) in [6.45, 7) is 3.96. The van der Waals surface area contributed by atoms with Gasteiger partial charge in [-0.3, -0.25) is 9.59 Å². The maximum atomic E-state index is 14.4. The molecule has 1 atom stereocenters. The highest BCUT2D eigenvalue weighted by atomic mass is 35.5. The number of benzene rings is 2. The lowest BCUT2D eigenvalue weighted by molar-refractivity contribution is -0.275. The number of hydrogen-bond acceptors (Lipinski definition) is 5. The fourth-order valence-corrected chi connectivity index (χ4v) is 7.14. The van der Waals surface area contributed by atoms with Gasteiger partial charge in [-0.1, -0.05) is 46.0 Å². The molecule has 0 radical (unpaired) electrons. The Hall–Kier alpha value is -2.79. The molecule has 3 aromatic rings. The first-order valence-corrected chi connectivity index (χ1v) is 15.1. The predicted molar refractivity (Wildman–Crippen MR) is 160 cm³/mol. The molecule has 1 aliphatic carbocycles. The van der Waals surface area contributed by atoms with Crippen LogP contribution in [0.5, 0.6) is 0 Å². The summed E-state index contributed by atoms with van der Waals surface area (Å²) in [7, 11) is 0. The van der Waals surface area contributed by atoms with Crippen molar-refractivity contribution >= 4 is 68.7 Å². The summed E-state index contributed by atoms with van der Waals surface area (Å²) in [5.74, 6) is -0.655. The van der Waals surface area contributed by atoms with E-state index in [0.717, 1.165) is 48.3 Å². The predicted octanol–water partition coefficient (Wildman–Crippen LogP) is 8.48. The van der Waals surface area contributed by atoms with Gasteiger partial charge < -0.3 is 15.5 Å². The third-order valence-electron chi connectivity index (χ3n) is 7.40. The number of fused-ring (bicyclic) bond motifs is 1. The number of carbonyl (C=O) groups is 2. The van der Waals surface area contributed by atoms with Gasteiger partial charge in [0.05, 0.1) is 26.3 Å². The molecule has 0 bridgehead atoms. The minimum Gasteiger partial charge on any atom is -0.374 e. The summed E-state index contributed by atoms with van der Waals surface area (Å²) in [6.07, 6.45) is -1.88. The van der Waals surface area contributed by atoms with E-state index < -0.39 is 24.1 Å². The molecule has 1 unspecified atom stereocenters. The molecule has 2 aliphatic rings. The minimum atomic E-state index is -4.87. The second kappa shape index (κ2) is 11.7. The number of rotatable bonds is 6. The fraction of sp³-hybridized carbons (Fsp3) is 0.345. The van der Waals surface area contributed by atoms with E-state index in [0.29, 0.717) is 33.8 Å². The number of thiophene rings is 1. The molecule has 0 saturated heterocycles. The highest BCUT2D eigenvalue weighted by molar-refractivity contribution is 7.17. The number of hydrogen-bond donors (Lipinski definition) is 2. The fourth-order valence-electron chi connectivity index (χ4n) is 5.26. The van der Waals surface area contributed by atoms with Crippen LogP contribution in [-0.2, 0) is 23.3 Å². The highest BCUT2D eigenvalue weighted by Gasteiger charge is 2.62. The Balaban J connectivity index is 1.41. The normalized spacial score (nSPS) is 18.2. The van der Waals surface area contributed by atoms with Crippen molar-refractivity contribution in [3.05, 3.63) is 83.7 Å². The van der Waals surface area contributed by atoms with E-state index in [4.69, 9.17) is 39.6 Å². The van der Waals surface area contributed by atoms with Gasteiger partial charge in [-0.25, -0.2) is 0 Å². The van der Waals surface area contributed by atoms with Crippen LogP contribution in [0.4, 0.5) is 18.2 Å². The molecule has 13 heteroatoms. The SMILES string of the molecule is CCNC(=O)c1c(NC(=O)c2ccc(C3=NOC(c4cc(Cl)c(Cl)c(Cl)c4)(C(F)(F)F)C3)cc2C)sc2c1CCCC2. The molecule has 0 spiro atoms. The first kappa shape index (κ1) is 30.7. The van der Waals surface area contributed by atoms with Gasteiger partial charge in [0.1, 0.15) is 5.00 Å². The zero-order chi connectivity index (χ0) is 30.4. The van der Waals surface area contributed by atoms with Gasteiger partial charge in [-0.15, -0.1) is 11.3 Å². The van der Waals surface area contributed by atoms with Crippen LogP contribution in [0.1, 0.15) is 74.0 Å². The van der Waals surface area contributed by atoms with Crippen LogP contribution in [0, 0.1) is 6.92 Å². The first-order valence-electron chi connectivity index (χ1n) is 13.2. The second-order valence-corrected chi connectivity index (χ2v) is 12.4. The summed E-state index contributed by atoms with van der Waals surface area (Å²) in [5, 5.41) is 9.65. The lowest BCUT2D eigenvalue weighted by Crippen LogP contribution is -2.42. The van der Waals surface area contributed by atoms with Crippen molar-refractivity contribution in [1.29, 1.82) is 0 Å². The van der Waals surface area contributed by atoms with E-state index in [9.17, 15) is 22.8 Å². The molecule has 6 nitrogen and oxygen atoms in total. The van der Waals surface area contributed by atoms with Crippen molar-refractivity contribution < 1.29 is 27.6 Å². The van der Waals surface area contributed by atoms with E-state index in [1.807, 2.05) is 6.92 Å². The lowest BCUT2D eigenvalue weighted by Gasteiger charge is -2.30. The van der Waals surface area contributed by atoms with Crippen molar-refractivity contribution in [1.82, 2.24) is 5.32 Å². The molecular weight excluding hydrogens is 634 g/mol. The number of amides is 2. The first-order chi connectivity index (χ1) is 19.9. The number of oxime groups is 1. The molecule has 2 aromatic carbocycles. The van der Waals surface area contributed by atoms with Gasteiger partial charge in [0.2, 0.25) is 0 Å². The second-order valence-electron chi connectivity index (χ2n) is 10.1. The van der Waals surface area contributed by atoms with E-state index >= 15 is 0 Å². The number of carbonyl (C=O) groups excluding carboxylic acids is 2. The van der Waals surface area contributed by atoms with E-state index in [1.165, 1.54) is 23.5 Å². The summed E-state index contributed by atoms with van der Waals surface area (Å²) < 4.78 is 43.3. The molecule has 1 aromatic heterocycles. The monoisotopic (exact) mass is 657 g/mol. The summed E-state index contributed by atoms with van der Waals surface area (Å²) in [6, 6.07) is 6.75. The quantitative estimate of drug-likeness (QED) is 0.261. The number of nitrogens with zero attached hydrogens (tertiary/aromatic N) is 1. The molecular formula is C29H25Cl3F3N3O3S. The average Bonchev–Trinajstić information content (AvgIpc) is 3.54. The number of aryl methyl sites for hydroxylation is 2. The molecule has 2 heterocycles. The summed E-state index contributed by atoms with van der Waals surface area (Å²) in [5.41, 5.74) is -0.455. The molecule has 0 fully saturated rings. The highest BCUT2D eigenvalue weighted by Crippen LogP contribution is 2.50. The lowest BCUT2D eigenvalue weighted by atomic mass is 9.86. The van der Waals surface area contributed by atoms with Crippen LogP contribution in [0.15, 0.2) is 35.5 Å². The van der Waals surface area contributed by atoms with Gasteiger partial charge >= 0.3 is 6.18 Å². The molecule has 222 valence electrons. The number of halogens is 6. The number of nitrogens with one attached hydrogen (secondary N) is 2. The molecule has 2 N–H and O–H groups in total. The number of alkyl halides is 3. The zero-order valence-electron chi connectivity index (χ0n) is 22.5. The molecule has 1 aliphatic heterocycles. The van der Waals surface area contributed by atoms with Crippen LogP contribution < -0.4 is 10.6 Å². The van der Waals surface area contributed by atoms with Crippen molar-refractivity contribution in [2.45, 2.75) is 57.7 Å². The standard InChI is InChI=1S/C29H25Cl3F3N3O3S/c1-3-36-26(40)23-18-6-4-5-7-22(18)42-27(23)37-25(39)17-9-8-15(10-14(17)2)21-13-28(41-38-21,29(33,34)35)16-11-19(30)24(32)20(31)12-16/h8-12H,3-7,13H2,1-2H3,(H,36,40)(H,37,39). The Morgan fingerprint density at radius 3 is 2.40 bits per heavy atom. The van der Waals surface area contributed by atoms with Crippen LogP contribution in [0.3, 0.4) is 0 Å².